The van der Waals surface area contributed by atoms with Gasteiger partial charge in [-0.3, -0.25) is 0 Å². The fourth-order valence-corrected chi connectivity index (χ4v) is 1.32. The smallest absolute Gasteiger partial charge is 0.120 e. The zero-order chi connectivity index (χ0) is 12.5. The number of hydrogen-bond acceptors (Lipinski definition) is 2. The van der Waals surface area contributed by atoms with Crippen LogP contribution in [0.4, 0.5) is 0 Å². The molecule has 0 amide bonds. The third-order valence-electron chi connectivity index (χ3n) is 2.09. The first-order valence-electron chi connectivity index (χ1n) is 5.65. The lowest BCUT2D eigenvalue weighted by molar-refractivity contribution is 0.261. The zero-order valence-electron chi connectivity index (χ0n) is 10.4. The number of hydrogen-bond donors (Lipinski definition) is 0. The predicted molar refractivity (Wildman–Crippen MR) is 72.7 cm³/mol. The van der Waals surface area contributed by atoms with E-state index in [4.69, 9.17) is 16.3 Å². The second-order valence-electron chi connectivity index (χ2n) is 3.92. The lowest BCUT2D eigenvalue weighted by atomic mass is 10.2. The number of nitrogens with zero attached hydrogens (tertiary/aromatic N) is 1. The molecule has 0 aliphatic rings. The van der Waals surface area contributed by atoms with Crippen LogP contribution in [0.25, 0.3) is 0 Å². The molecule has 1 rings (SSSR count). The summed E-state index contributed by atoms with van der Waals surface area (Å²) >= 11 is 5.57. The van der Waals surface area contributed by atoms with Crippen LogP contribution in [-0.4, -0.2) is 38.0 Å². The molecule has 17 heavy (non-hydrogen) atoms. The van der Waals surface area contributed by atoms with Crippen LogP contribution in [0.2, 0.25) is 0 Å². The molecule has 3 heteroatoms. The lowest BCUT2D eigenvalue weighted by Crippen LogP contribution is -2.19. The Morgan fingerprint density at radius 1 is 1.35 bits per heavy atom. The quantitative estimate of drug-likeness (QED) is 0.589. The van der Waals surface area contributed by atoms with E-state index in [1.54, 1.807) is 0 Å². The molecule has 0 fully saturated rings. The van der Waals surface area contributed by atoms with Gasteiger partial charge in [-0.1, -0.05) is 17.9 Å². The van der Waals surface area contributed by atoms with E-state index in [2.05, 4.69) is 16.7 Å². The van der Waals surface area contributed by atoms with E-state index in [1.165, 1.54) is 0 Å². The highest BCUT2D eigenvalue weighted by Crippen LogP contribution is 2.12. The summed E-state index contributed by atoms with van der Waals surface area (Å²) in [6, 6.07) is 7.83. The minimum absolute atomic E-state index is 0.575. The van der Waals surface area contributed by atoms with Gasteiger partial charge >= 0.3 is 0 Å². The Labute approximate surface area is 109 Å². The van der Waals surface area contributed by atoms with Crippen LogP contribution < -0.4 is 4.74 Å². The average molecular weight is 252 g/mol. The van der Waals surface area contributed by atoms with Gasteiger partial charge in [0, 0.05) is 24.4 Å². The van der Waals surface area contributed by atoms with E-state index in [0.717, 1.165) is 17.9 Å². The molecule has 0 saturated heterocycles. The van der Waals surface area contributed by atoms with Gasteiger partial charge in [-0.25, -0.2) is 0 Å². The van der Waals surface area contributed by atoms with Gasteiger partial charge in [-0.05, 0) is 32.3 Å². The lowest BCUT2D eigenvalue weighted by Gasteiger charge is -2.10. The molecule has 0 aliphatic heterocycles. The van der Waals surface area contributed by atoms with Gasteiger partial charge in [0.05, 0.1) is 0 Å². The van der Waals surface area contributed by atoms with Crippen molar-refractivity contribution in [2.45, 2.75) is 6.42 Å². The van der Waals surface area contributed by atoms with Crippen molar-refractivity contribution in [2.75, 3.05) is 33.1 Å². The van der Waals surface area contributed by atoms with Crippen molar-refractivity contribution in [1.29, 1.82) is 0 Å². The topological polar surface area (TPSA) is 12.5 Å². The summed E-state index contributed by atoms with van der Waals surface area (Å²) in [5.74, 6) is 7.51. The minimum atomic E-state index is 0.575. The molecule has 0 saturated carbocycles. The Kier molecular flexibility index (Phi) is 6.54. The number of alkyl halides is 1. The number of likely N-dealkylation sites (N-methyl/N-ethyl adjacent to an activating group) is 1. The second kappa shape index (κ2) is 8.00. The summed E-state index contributed by atoms with van der Waals surface area (Å²) in [4.78, 5) is 2.09. The van der Waals surface area contributed by atoms with Crippen LogP contribution in [0.15, 0.2) is 24.3 Å². The van der Waals surface area contributed by atoms with Gasteiger partial charge in [0.25, 0.3) is 0 Å². The number of halogens is 1. The summed E-state index contributed by atoms with van der Waals surface area (Å²) in [7, 11) is 4.05. The highest BCUT2D eigenvalue weighted by atomic mass is 35.5. The molecule has 0 spiro atoms. The van der Waals surface area contributed by atoms with Crippen molar-refractivity contribution in [3.63, 3.8) is 0 Å². The molecule has 0 bridgehead atoms. The molecule has 0 atom stereocenters. The fourth-order valence-electron chi connectivity index (χ4n) is 1.22. The Morgan fingerprint density at radius 2 is 2.18 bits per heavy atom. The van der Waals surface area contributed by atoms with Crippen LogP contribution in [0.3, 0.4) is 0 Å². The largest absolute Gasteiger partial charge is 0.492 e. The van der Waals surface area contributed by atoms with Gasteiger partial charge in [0.1, 0.15) is 12.4 Å². The summed E-state index contributed by atoms with van der Waals surface area (Å²) in [5, 5.41) is 0. The van der Waals surface area contributed by atoms with E-state index >= 15 is 0 Å². The van der Waals surface area contributed by atoms with Crippen LogP contribution in [0, 0.1) is 11.8 Å². The fraction of sp³-hybridized carbons (Fsp3) is 0.429. The SMILES string of the molecule is CN(C)CCOc1cccc(C#CCCCl)c1. The van der Waals surface area contributed by atoms with Gasteiger partial charge in [-0.2, -0.15) is 0 Å². The molecule has 0 unspecified atom stereocenters. The summed E-state index contributed by atoms with van der Waals surface area (Å²) < 4.78 is 5.63. The molecule has 0 heterocycles. The second-order valence-corrected chi connectivity index (χ2v) is 4.30. The molecule has 0 radical (unpaired) electrons. The Balaban J connectivity index is 2.51. The number of rotatable bonds is 5. The van der Waals surface area contributed by atoms with Gasteiger partial charge in [0.2, 0.25) is 0 Å². The van der Waals surface area contributed by atoms with Crippen LogP contribution in [-0.2, 0) is 0 Å². The Morgan fingerprint density at radius 3 is 2.88 bits per heavy atom. The van der Waals surface area contributed by atoms with Crippen molar-refractivity contribution in [3.8, 4) is 17.6 Å². The molecule has 2 nitrogen and oxygen atoms in total. The molecule has 1 aromatic carbocycles. The predicted octanol–water partition coefficient (Wildman–Crippen LogP) is 2.61. The molecule has 0 aliphatic carbocycles. The normalized spacial score (nSPS) is 9.88. The zero-order valence-corrected chi connectivity index (χ0v) is 11.1. The standard InChI is InChI=1S/C14H18ClNO/c1-16(2)10-11-17-14-8-5-7-13(12-14)6-3-4-9-15/h5,7-8,12H,4,9-11H2,1-2H3. The van der Waals surface area contributed by atoms with Gasteiger partial charge < -0.3 is 9.64 Å². The number of ether oxygens (including phenoxy) is 1. The first-order valence-corrected chi connectivity index (χ1v) is 6.18. The number of benzene rings is 1. The van der Waals surface area contributed by atoms with Crippen molar-refractivity contribution in [1.82, 2.24) is 4.90 Å². The maximum absolute atomic E-state index is 5.63. The van der Waals surface area contributed by atoms with E-state index in [0.29, 0.717) is 18.9 Å². The third kappa shape index (κ3) is 6.21. The van der Waals surface area contributed by atoms with Crippen LogP contribution in [0.5, 0.6) is 5.75 Å². The van der Waals surface area contributed by atoms with Gasteiger partial charge in [-0.15, -0.1) is 11.6 Å². The molecule has 92 valence electrons. The van der Waals surface area contributed by atoms with E-state index < -0.39 is 0 Å². The van der Waals surface area contributed by atoms with E-state index in [9.17, 15) is 0 Å². The van der Waals surface area contributed by atoms with Crippen molar-refractivity contribution in [2.24, 2.45) is 0 Å². The van der Waals surface area contributed by atoms with Crippen LogP contribution >= 0.6 is 11.6 Å². The van der Waals surface area contributed by atoms with Gasteiger partial charge in [0.15, 0.2) is 0 Å². The summed E-state index contributed by atoms with van der Waals surface area (Å²) in [6.45, 7) is 1.59. The molecular formula is C14H18ClNO. The highest BCUT2D eigenvalue weighted by molar-refractivity contribution is 6.18. The molecule has 1 aromatic rings. The van der Waals surface area contributed by atoms with Crippen molar-refractivity contribution < 1.29 is 4.74 Å². The summed E-state index contributed by atoms with van der Waals surface area (Å²) in [5.41, 5.74) is 0.970. The first kappa shape index (κ1) is 13.9. The summed E-state index contributed by atoms with van der Waals surface area (Å²) in [6.07, 6.45) is 0.716. The van der Waals surface area contributed by atoms with Crippen molar-refractivity contribution in [3.05, 3.63) is 29.8 Å². The average Bonchev–Trinajstić information content (AvgIpc) is 2.29. The molecule has 0 N–H and O–H groups in total. The maximum atomic E-state index is 5.63. The van der Waals surface area contributed by atoms with Crippen molar-refractivity contribution >= 4 is 11.6 Å². The molecular weight excluding hydrogens is 234 g/mol. The maximum Gasteiger partial charge on any atom is 0.120 e. The van der Waals surface area contributed by atoms with Crippen LogP contribution in [0.1, 0.15) is 12.0 Å². The van der Waals surface area contributed by atoms with E-state index in [-0.39, 0.29) is 0 Å². The minimum Gasteiger partial charge on any atom is -0.492 e. The first-order chi connectivity index (χ1) is 8.22. The van der Waals surface area contributed by atoms with E-state index in [1.807, 2.05) is 38.4 Å². The third-order valence-corrected chi connectivity index (χ3v) is 2.28. The highest BCUT2D eigenvalue weighted by Gasteiger charge is 1.95. The molecule has 0 aromatic heterocycles. The Hall–Kier alpha value is -1.17. The Bertz CT molecular complexity index is 393. The monoisotopic (exact) mass is 251 g/mol.